The van der Waals surface area contributed by atoms with Gasteiger partial charge in [0.25, 0.3) is 5.91 Å². The molecule has 29 heavy (non-hydrogen) atoms. The number of aromatic carboxylic acids is 1. The summed E-state index contributed by atoms with van der Waals surface area (Å²) in [6.07, 6.45) is 3.02. The Hall–Kier alpha value is -2.84. The largest absolute Gasteiger partial charge is 0.507 e. The van der Waals surface area contributed by atoms with Gasteiger partial charge >= 0.3 is 5.97 Å². The first-order valence-electron chi connectivity index (χ1n) is 8.93. The molecule has 1 amide bonds. The van der Waals surface area contributed by atoms with E-state index >= 15 is 0 Å². The van der Waals surface area contributed by atoms with Gasteiger partial charge in [0.05, 0.1) is 4.91 Å². The number of hydrogen-bond acceptors (Lipinski definition) is 6. The average molecular weight is 430 g/mol. The highest BCUT2D eigenvalue weighted by molar-refractivity contribution is 8.26. The number of aromatic hydroxyl groups is 1. The van der Waals surface area contributed by atoms with Crippen LogP contribution in [0.5, 0.6) is 11.5 Å². The standard InChI is InChI=1S/C21H19NO5S2/c1-2-3-14-16(9-8-15(18(14)23)20(25)26)27-11-13-6-4-12(5-7-13)10-17-19(24)22-21(28)29-17/h4-10,23H,2-3,11H2,1H3,(H,25,26)(H,22,24,28)/b17-10-. The molecule has 0 bridgehead atoms. The quantitative estimate of drug-likeness (QED) is 0.450. The van der Waals surface area contributed by atoms with Crippen molar-refractivity contribution in [1.82, 2.24) is 5.32 Å². The van der Waals surface area contributed by atoms with Crippen molar-refractivity contribution in [2.24, 2.45) is 0 Å². The number of carbonyl (C=O) groups excluding carboxylic acids is 1. The summed E-state index contributed by atoms with van der Waals surface area (Å²) in [5.41, 5.74) is 2.13. The second kappa shape index (κ2) is 9.11. The second-order valence-corrected chi connectivity index (χ2v) is 8.09. The normalized spacial score (nSPS) is 14.9. The molecule has 6 nitrogen and oxygen atoms in total. The van der Waals surface area contributed by atoms with E-state index in [-0.39, 0.29) is 23.8 Å². The molecule has 1 fully saturated rings. The van der Waals surface area contributed by atoms with Gasteiger partial charge in [0.2, 0.25) is 0 Å². The molecule has 3 N–H and O–H groups in total. The fourth-order valence-electron chi connectivity index (χ4n) is 2.86. The molecule has 8 heteroatoms. The van der Waals surface area contributed by atoms with Crippen LogP contribution in [0.3, 0.4) is 0 Å². The number of benzene rings is 2. The first kappa shape index (κ1) is 20.9. The number of carboxylic acid groups (broad SMARTS) is 1. The summed E-state index contributed by atoms with van der Waals surface area (Å²) < 4.78 is 6.29. The lowest BCUT2D eigenvalue weighted by Crippen LogP contribution is -2.17. The number of thioether (sulfide) groups is 1. The van der Waals surface area contributed by atoms with Gasteiger partial charge in [-0.25, -0.2) is 4.79 Å². The van der Waals surface area contributed by atoms with E-state index in [4.69, 9.17) is 17.0 Å². The van der Waals surface area contributed by atoms with E-state index in [1.165, 1.54) is 17.8 Å². The summed E-state index contributed by atoms with van der Waals surface area (Å²) in [5, 5.41) is 22.0. The third-order valence-corrected chi connectivity index (χ3v) is 5.45. The number of carbonyl (C=O) groups is 2. The number of phenols is 1. The Morgan fingerprint density at radius 2 is 1.97 bits per heavy atom. The summed E-state index contributed by atoms with van der Waals surface area (Å²) in [6, 6.07) is 10.4. The maximum absolute atomic E-state index is 11.7. The molecule has 1 aliphatic heterocycles. The molecule has 1 saturated heterocycles. The molecule has 0 radical (unpaired) electrons. The van der Waals surface area contributed by atoms with Crippen molar-refractivity contribution in [3.63, 3.8) is 0 Å². The lowest BCUT2D eigenvalue weighted by atomic mass is 10.0. The maximum atomic E-state index is 11.7. The zero-order valence-corrected chi connectivity index (χ0v) is 17.2. The van der Waals surface area contributed by atoms with E-state index in [1.54, 1.807) is 12.1 Å². The molecule has 0 saturated carbocycles. The zero-order valence-electron chi connectivity index (χ0n) is 15.6. The van der Waals surface area contributed by atoms with Crippen LogP contribution in [0.4, 0.5) is 0 Å². The van der Waals surface area contributed by atoms with Gasteiger partial charge in [-0.1, -0.05) is 61.6 Å². The third-order valence-electron chi connectivity index (χ3n) is 4.28. The van der Waals surface area contributed by atoms with Crippen molar-refractivity contribution >= 4 is 46.3 Å². The van der Waals surface area contributed by atoms with Crippen molar-refractivity contribution in [2.75, 3.05) is 0 Å². The Bertz CT molecular complexity index is 999. The van der Waals surface area contributed by atoms with Crippen LogP contribution in [0.1, 0.15) is 40.4 Å². The highest BCUT2D eigenvalue weighted by Crippen LogP contribution is 2.33. The molecule has 0 aliphatic carbocycles. The van der Waals surface area contributed by atoms with Gasteiger partial charge < -0.3 is 20.3 Å². The van der Waals surface area contributed by atoms with E-state index in [9.17, 15) is 19.8 Å². The highest BCUT2D eigenvalue weighted by Gasteiger charge is 2.22. The van der Waals surface area contributed by atoms with Crippen LogP contribution in [0, 0.1) is 0 Å². The molecule has 3 rings (SSSR count). The zero-order chi connectivity index (χ0) is 21.0. The van der Waals surface area contributed by atoms with Crippen molar-refractivity contribution in [2.45, 2.75) is 26.4 Å². The van der Waals surface area contributed by atoms with E-state index in [0.717, 1.165) is 17.5 Å². The lowest BCUT2D eigenvalue weighted by Gasteiger charge is -2.14. The number of rotatable bonds is 7. The fourth-order valence-corrected chi connectivity index (χ4v) is 3.91. The summed E-state index contributed by atoms with van der Waals surface area (Å²) in [7, 11) is 0. The van der Waals surface area contributed by atoms with E-state index in [1.807, 2.05) is 31.2 Å². The average Bonchev–Trinajstić information content (AvgIpc) is 3.00. The van der Waals surface area contributed by atoms with Crippen LogP contribution in [0.25, 0.3) is 6.08 Å². The number of hydrogen-bond donors (Lipinski definition) is 3. The van der Waals surface area contributed by atoms with E-state index in [0.29, 0.717) is 27.0 Å². The van der Waals surface area contributed by atoms with Gasteiger partial charge in [0.15, 0.2) is 0 Å². The van der Waals surface area contributed by atoms with Crippen LogP contribution in [-0.4, -0.2) is 26.4 Å². The Morgan fingerprint density at radius 1 is 1.24 bits per heavy atom. The number of ether oxygens (including phenoxy) is 1. The van der Waals surface area contributed by atoms with Gasteiger partial charge in [-0.05, 0) is 35.8 Å². The smallest absolute Gasteiger partial charge is 0.339 e. The summed E-state index contributed by atoms with van der Waals surface area (Å²) in [6.45, 7) is 2.21. The highest BCUT2D eigenvalue weighted by atomic mass is 32.2. The lowest BCUT2D eigenvalue weighted by molar-refractivity contribution is -0.115. The fraction of sp³-hybridized carbons (Fsp3) is 0.190. The molecule has 0 atom stereocenters. The van der Waals surface area contributed by atoms with Gasteiger partial charge in [-0.2, -0.15) is 0 Å². The molecule has 2 aromatic rings. The molecule has 0 aromatic heterocycles. The Balaban J connectivity index is 1.72. The summed E-state index contributed by atoms with van der Waals surface area (Å²) in [5.74, 6) is -1.15. The first-order valence-corrected chi connectivity index (χ1v) is 10.2. The molecular weight excluding hydrogens is 410 g/mol. The number of nitrogens with one attached hydrogen (secondary N) is 1. The van der Waals surface area contributed by atoms with Crippen LogP contribution in [-0.2, 0) is 17.8 Å². The van der Waals surface area contributed by atoms with Gasteiger partial charge in [-0.15, -0.1) is 0 Å². The molecule has 1 aliphatic rings. The minimum atomic E-state index is -1.18. The molecule has 150 valence electrons. The Kier molecular flexibility index (Phi) is 6.56. The molecule has 0 spiro atoms. The Morgan fingerprint density at radius 3 is 2.55 bits per heavy atom. The predicted octanol–water partition coefficient (Wildman–Crippen LogP) is 4.11. The molecular formula is C21H19NO5S2. The number of carboxylic acids is 1. The number of amides is 1. The third kappa shape index (κ3) is 4.96. The minimum Gasteiger partial charge on any atom is -0.507 e. The van der Waals surface area contributed by atoms with Crippen LogP contribution < -0.4 is 10.1 Å². The van der Waals surface area contributed by atoms with E-state index in [2.05, 4.69) is 5.32 Å². The molecule has 1 heterocycles. The van der Waals surface area contributed by atoms with Crippen LogP contribution in [0.15, 0.2) is 41.3 Å². The van der Waals surface area contributed by atoms with Crippen molar-refractivity contribution in [3.05, 3.63) is 63.6 Å². The van der Waals surface area contributed by atoms with Gasteiger partial charge in [0, 0.05) is 5.56 Å². The van der Waals surface area contributed by atoms with Crippen LogP contribution >= 0.6 is 24.0 Å². The van der Waals surface area contributed by atoms with Crippen molar-refractivity contribution in [1.29, 1.82) is 0 Å². The second-order valence-electron chi connectivity index (χ2n) is 6.38. The van der Waals surface area contributed by atoms with Crippen molar-refractivity contribution in [3.8, 4) is 11.5 Å². The number of thiocarbonyl (C=S) groups is 1. The summed E-state index contributed by atoms with van der Waals surface area (Å²) >= 11 is 6.21. The Labute approximate surface area is 177 Å². The van der Waals surface area contributed by atoms with Gasteiger partial charge in [-0.3, -0.25) is 4.79 Å². The van der Waals surface area contributed by atoms with Crippen LogP contribution in [0.2, 0.25) is 0 Å². The topological polar surface area (TPSA) is 95.9 Å². The SMILES string of the molecule is CCCc1c(OCc2ccc(/C=C3\SC(=S)NC3=O)cc2)ccc(C(=O)O)c1O. The minimum absolute atomic E-state index is 0.133. The van der Waals surface area contributed by atoms with Crippen molar-refractivity contribution < 1.29 is 24.5 Å². The predicted molar refractivity (Wildman–Crippen MR) is 116 cm³/mol. The van der Waals surface area contributed by atoms with E-state index < -0.39 is 5.97 Å². The summed E-state index contributed by atoms with van der Waals surface area (Å²) in [4.78, 5) is 23.5. The molecule has 2 aromatic carbocycles. The first-order chi connectivity index (χ1) is 13.9. The maximum Gasteiger partial charge on any atom is 0.339 e. The molecule has 0 unspecified atom stereocenters. The van der Waals surface area contributed by atoms with Gasteiger partial charge in [0.1, 0.15) is 28.0 Å². The monoisotopic (exact) mass is 429 g/mol.